The van der Waals surface area contributed by atoms with Crippen molar-refractivity contribution < 1.29 is 4.79 Å². The summed E-state index contributed by atoms with van der Waals surface area (Å²) >= 11 is 3.43. The fourth-order valence-electron chi connectivity index (χ4n) is 2.45. The van der Waals surface area contributed by atoms with Gasteiger partial charge in [-0.25, -0.2) is 0 Å². The van der Waals surface area contributed by atoms with E-state index < -0.39 is 0 Å². The number of hydrogen-bond acceptors (Lipinski definition) is 1. The summed E-state index contributed by atoms with van der Waals surface area (Å²) in [4.78, 5) is 12.1. The summed E-state index contributed by atoms with van der Waals surface area (Å²) in [5.41, 5.74) is 3.58. The molecule has 1 aliphatic carbocycles. The van der Waals surface area contributed by atoms with Crippen LogP contribution in [0.4, 0.5) is 0 Å². The zero-order valence-electron chi connectivity index (χ0n) is 10.4. The maximum atomic E-state index is 12.1. The first-order valence-corrected chi connectivity index (χ1v) is 7.13. The number of halogens is 1. The van der Waals surface area contributed by atoms with Gasteiger partial charge in [-0.2, -0.15) is 0 Å². The molecule has 1 atom stereocenters. The second kappa shape index (κ2) is 5.17. The van der Waals surface area contributed by atoms with Crippen molar-refractivity contribution in [3.8, 4) is 0 Å². The van der Waals surface area contributed by atoms with Gasteiger partial charge >= 0.3 is 0 Å². The van der Waals surface area contributed by atoms with Gasteiger partial charge in [-0.05, 0) is 35.2 Å². The molecule has 2 aromatic carbocycles. The van der Waals surface area contributed by atoms with Gasteiger partial charge in [0.15, 0.2) is 0 Å². The molecule has 3 heteroatoms. The van der Waals surface area contributed by atoms with Crippen molar-refractivity contribution >= 4 is 21.8 Å². The van der Waals surface area contributed by atoms with Crippen LogP contribution < -0.4 is 5.32 Å². The summed E-state index contributed by atoms with van der Waals surface area (Å²) in [6.07, 6.45) is 0.862. The highest BCUT2D eigenvalue weighted by Crippen LogP contribution is 2.34. The maximum absolute atomic E-state index is 12.1. The van der Waals surface area contributed by atoms with E-state index in [0.717, 1.165) is 16.5 Å². The Labute approximate surface area is 121 Å². The van der Waals surface area contributed by atoms with Crippen molar-refractivity contribution in [1.82, 2.24) is 5.32 Å². The quantitative estimate of drug-likeness (QED) is 0.924. The van der Waals surface area contributed by atoms with Gasteiger partial charge < -0.3 is 5.32 Å². The highest BCUT2D eigenvalue weighted by atomic mass is 79.9. The number of carbonyl (C=O) groups is 1. The fourth-order valence-corrected chi connectivity index (χ4v) is 2.90. The Morgan fingerprint density at radius 2 is 2.05 bits per heavy atom. The Bertz CT molecular complexity index is 624. The van der Waals surface area contributed by atoms with Crippen molar-refractivity contribution in [2.45, 2.75) is 18.9 Å². The van der Waals surface area contributed by atoms with Crippen LogP contribution in [0.1, 0.15) is 22.6 Å². The van der Waals surface area contributed by atoms with Crippen LogP contribution in [0.15, 0.2) is 53.0 Å². The first-order chi connectivity index (χ1) is 9.24. The summed E-state index contributed by atoms with van der Waals surface area (Å²) in [6.45, 7) is 0.580. The van der Waals surface area contributed by atoms with E-state index >= 15 is 0 Å². The van der Waals surface area contributed by atoms with Gasteiger partial charge in [-0.3, -0.25) is 4.79 Å². The predicted octanol–water partition coefficient (Wildman–Crippen LogP) is 3.41. The molecule has 1 N–H and O–H groups in total. The van der Waals surface area contributed by atoms with Crippen LogP contribution in [0.3, 0.4) is 0 Å². The van der Waals surface area contributed by atoms with Gasteiger partial charge in [0.05, 0.1) is 5.92 Å². The van der Waals surface area contributed by atoms with Crippen LogP contribution in [0.25, 0.3) is 0 Å². The minimum Gasteiger partial charge on any atom is -0.351 e. The van der Waals surface area contributed by atoms with E-state index in [1.807, 2.05) is 42.5 Å². The fraction of sp³-hybridized carbons (Fsp3) is 0.188. The third kappa shape index (κ3) is 2.56. The highest BCUT2D eigenvalue weighted by Gasteiger charge is 2.31. The molecule has 0 bridgehead atoms. The summed E-state index contributed by atoms with van der Waals surface area (Å²) in [7, 11) is 0. The van der Waals surface area contributed by atoms with Crippen molar-refractivity contribution in [2.24, 2.45) is 0 Å². The molecule has 0 fully saturated rings. The zero-order chi connectivity index (χ0) is 13.2. The van der Waals surface area contributed by atoms with E-state index in [9.17, 15) is 4.79 Å². The van der Waals surface area contributed by atoms with Gasteiger partial charge in [-0.1, -0.05) is 52.3 Å². The zero-order valence-corrected chi connectivity index (χ0v) is 12.0. The normalized spacial score (nSPS) is 16.4. The Morgan fingerprint density at radius 3 is 2.84 bits per heavy atom. The Kier molecular flexibility index (Phi) is 3.38. The topological polar surface area (TPSA) is 29.1 Å². The van der Waals surface area contributed by atoms with Crippen LogP contribution in [0.2, 0.25) is 0 Å². The van der Waals surface area contributed by atoms with E-state index in [2.05, 4.69) is 27.3 Å². The molecule has 0 heterocycles. The lowest BCUT2D eigenvalue weighted by molar-refractivity contribution is -0.123. The summed E-state index contributed by atoms with van der Waals surface area (Å²) in [5.74, 6) is 0.155. The first kappa shape index (κ1) is 12.4. The molecule has 0 saturated carbocycles. The van der Waals surface area contributed by atoms with E-state index in [1.165, 1.54) is 11.1 Å². The van der Waals surface area contributed by atoms with Crippen molar-refractivity contribution in [3.05, 3.63) is 69.7 Å². The number of carbonyl (C=O) groups excluding carboxylic acids is 1. The molecular weight excluding hydrogens is 302 g/mol. The van der Waals surface area contributed by atoms with Crippen molar-refractivity contribution in [3.63, 3.8) is 0 Å². The number of hydrogen-bond donors (Lipinski definition) is 1. The molecule has 3 rings (SSSR count). The van der Waals surface area contributed by atoms with Gasteiger partial charge in [0.2, 0.25) is 5.91 Å². The molecule has 0 saturated heterocycles. The monoisotopic (exact) mass is 315 g/mol. The van der Waals surface area contributed by atoms with Crippen LogP contribution in [0, 0.1) is 0 Å². The number of benzene rings is 2. The van der Waals surface area contributed by atoms with E-state index in [-0.39, 0.29) is 11.8 Å². The molecule has 0 aliphatic heterocycles. The molecule has 1 unspecified atom stereocenters. The number of fused-ring (bicyclic) bond motifs is 1. The van der Waals surface area contributed by atoms with Crippen LogP contribution >= 0.6 is 15.9 Å². The van der Waals surface area contributed by atoms with Crippen molar-refractivity contribution in [2.75, 3.05) is 0 Å². The lowest BCUT2D eigenvalue weighted by Gasteiger charge is -2.28. The van der Waals surface area contributed by atoms with Gasteiger partial charge in [0, 0.05) is 11.0 Å². The largest absolute Gasteiger partial charge is 0.351 e. The van der Waals surface area contributed by atoms with E-state index in [4.69, 9.17) is 0 Å². The van der Waals surface area contributed by atoms with Gasteiger partial charge in [-0.15, -0.1) is 0 Å². The number of amides is 1. The van der Waals surface area contributed by atoms with Gasteiger partial charge in [0.1, 0.15) is 0 Å². The molecule has 2 aromatic rings. The second-order valence-electron chi connectivity index (χ2n) is 4.80. The standard InChI is InChI=1S/C16H14BrNO/c17-13-6-3-4-11(8-13)10-18-16(19)15-9-12-5-1-2-7-14(12)15/h1-8,15H,9-10H2,(H,18,19). The summed E-state index contributed by atoms with van der Waals surface area (Å²) in [6, 6.07) is 16.1. The third-order valence-electron chi connectivity index (χ3n) is 3.53. The molecular formula is C16H14BrNO. The minimum atomic E-state index is 0.0309. The van der Waals surface area contributed by atoms with Crippen LogP contribution in [-0.4, -0.2) is 5.91 Å². The number of nitrogens with one attached hydrogen (secondary N) is 1. The SMILES string of the molecule is O=C(NCc1cccc(Br)c1)C1Cc2ccccc21. The summed E-state index contributed by atoms with van der Waals surface area (Å²) < 4.78 is 1.04. The Morgan fingerprint density at radius 1 is 1.21 bits per heavy atom. The highest BCUT2D eigenvalue weighted by molar-refractivity contribution is 9.10. The van der Waals surface area contributed by atoms with Crippen molar-refractivity contribution in [1.29, 1.82) is 0 Å². The molecule has 2 nitrogen and oxygen atoms in total. The molecule has 0 spiro atoms. The lowest BCUT2D eigenvalue weighted by Crippen LogP contribution is -2.35. The van der Waals surface area contributed by atoms with Crippen LogP contribution in [0.5, 0.6) is 0 Å². The van der Waals surface area contributed by atoms with Gasteiger partial charge in [0.25, 0.3) is 0 Å². The minimum absolute atomic E-state index is 0.0309. The van der Waals surface area contributed by atoms with E-state index in [1.54, 1.807) is 0 Å². The molecule has 19 heavy (non-hydrogen) atoms. The molecule has 1 aliphatic rings. The van der Waals surface area contributed by atoms with Crippen LogP contribution in [-0.2, 0) is 17.8 Å². The third-order valence-corrected chi connectivity index (χ3v) is 4.02. The second-order valence-corrected chi connectivity index (χ2v) is 5.72. The lowest BCUT2D eigenvalue weighted by atomic mass is 9.77. The molecule has 0 aromatic heterocycles. The average molecular weight is 316 g/mol. The smallest absolute Gasteiger partial charge is 0.228 e. The Hall–Kier alpha value is -1.61. The van der Waals surface area contributed by atoms with E-state index in [0.29, 0.717) is 6.54 Å². The predicted molar refractivity (Wildman–Crippen MR) is 78.9 cm³/mol. The molecule has 0 radical (unpaired) electrons. The first-order valence-electron chi connectivity index (χ1n) is 6.34. The number of rotatable bonds is 3. The average Bonchev–Trinajstić information content (AvgIpc) is 2.38. The molecule has 96 valence electrons. The maximum Gasteiger partial charge on any atom is 0.228 e. The molecule has 1 amide bonds. The Balaban J connectivity index is 1.62. The summed E-state index contributed by atoms with van der Waals surface area (Å²) in [5, 5.41) is 3.01.